The highest BCUT2D eigenvalue weighted by atomic mass is 19.1. The minimum absolute atomic E-state index is 0.0815. The van der Waals surface area contributed by atoms with Crippen LogP contribution in [0.1, 0.15) is 40.4 Å². The number of amides is 2. The molecule has 3 heterocycles. The number of nitrogens with zero attached hydrogens (tertiary/aromatic N) is 3. The first-order valence-corrected chi connectivity index (χ1v) is 9.90. The van der Waals surface area contributed by atoms with Crippen LogP contribution in [0.5, 0.6) is 0 Å². The molecule has 0 aromatic carbocycles. The van der Waals surface area contributed by atoms with Gasteiger partial charge in [0, 0.05) is 19.0 Å². The molecule has 2 unspecified atom stereocenters. The van der Waals surface area contributed by atoms with E-state index in [-0.39, 0.29) is 29.8 Å². The molecule has 7 nitrogen and oxygen atoms in total. The number of piperidine rings is 1. The number of imidazole rings is 1. The molecule has 2 fully saturated rings. The van der Waals surface area contributed by atoms with Crippen LogP contribution in [-0.2, 0) is 15.1 Å². The number of halogens is 1. The van der Waals surface area contributed by atoms with E-state index in [4.69, 9.17) is 4.74 Å². The number of likely N-dealkylation sites (tertiary alicyclic amines) is 1. The highest BCUT2D eigenvalue weighted by Gasteiger charge is 2.61. The van der Waals surface area contributed by atoms with Crippen molar-refractivity contribution in [2.24, 2.45) is 17.8 Å². The molecule has 2 atom stereocenters. The van der Waals surface area contributed by atoms with E-state index in [9.17, 15) is 14.0 Å². The standard InChI is InChI=1S/C21H27FN4O3/c1-20(2,3)29-19(28)25-10-13-14(11-25)16(13)17(27)24-21(4,5)18-23-9-12-7-6-8-15(22)26(12)18/h6-9,13-14,16H,10-11H2,1-5H3,(H,24,27). The molecule has 4 rings (SSSR count). The van der Waals surface area contributed by atoms with Crippen molar-refractivity contribution in [3.63, 3.8) is 0 Å². The van der Waals surface area contributed by atoms with Gasteiger partial charge in [0.05, 0.1) is 17.3 Å². The number of ether oxygens (including phenoxy) is 1. The molecule has 1 aliphatic carbocycles. The van der Waals surface area contributed by atoms with E-state index in [0.29, 0.717) is 24.4 Å². The van der Waals surface area contributed by atoms with Crippen molar-refractivity contribution in [3.05, 3.63) is 36.2 Å². The number of carbonyl (C=O) groups excluding carboxylic acids is 2. The van der Waals surface area contributed by atoms with E-state index in [1.54, 1.807) is 23.2 Å². The highest BCUT2D eigenvalue weighted by molar-refractivity contribution is 5.84. The first-order valence-electron chi connectivity index (χ1n) is 9.90. The molecule has 0 radical (unpaired) electrons. The average molecular weight is 402 g/mol. The number of rotatable bonds is 3. The molecule has 2 aromatic heterocycles. The molecule has 1 saturated heterocycles. The SMILES string of the molecule is CC(C)(C)OC(=O)N1CC2C(C1)C2C(=O)NC(C)(C)c1ncc2cccc(F)n12. The molecular formula is C21H27FN4O3. The molecule has 1 aliphatic heterocycles. The van der Waals surface area contributed by atoms with E-state index in [2.05, 4.69) is 10.3 Å². The van der Waals surface area contributed by atoms with E-state index in [1.807, 2.05) is 34.6 Å². The summed E-state index contributed by atoms with van der Waals surface area (Å²) in [6, 6.07) is 4.77. The van der Waals surface area contributed by atoms with Gasteiger partial charge in [-0.3, -0.25) is 9.20 Å². The van der Waals surface area contributed by atoms with Crippen LogP contribution in [0, 0.1) is 23.7 Å². The van der Waals surface area contributed by atoms with Crippen LogP contribution >= 0.6 is 0 Å². The van der Waals surface area contributed by atoms with Gasteiger partial charge in [-0.15, -0.1) is 0 Å². The van der Waals surface area contributed by atoms with Gasteiger partial charge in [-0.25, -0.2) is 9.78 Å². The second kappa shape index (κ2) is 6.43. The zero-order valence-corrected chi connectivity index (χ0v) is 17.4. The number of nitrogens with one attached hydrogen (secondary N) is 1. The van der Waals surface area contributed by atoms with Crippen LogP contribution < -0.4 is 5.32 Å². The van der Waals surface area contributed by atoms with Gasteiger partial charge in [0.25, 0.3) is 0 Å². The average Bonchev–Trinajstić information content (AvgIpc) is 2.96. The summed E-state index contributed by atoms with van der Waals surface area (Å²) in [6.45, 7) is 10.2. The summed E-state index contributed by atoms with van der Waals surface area (Å²) in [5.41, 5.74) is -0.737. The van der Waals surface area contributed by atoms with Crippen LogP contribution in [-0.4, -0.2) is 45.0 Å². The predicted octanol–water partition coefficient (Wildman–Crippen LogP) is 2.94. The first-order chi connectivity index (χ1) is 13.5. The van der Waals surface area contributed by atoms with Gasteiger partial charge in [0.15, 0.2) is 5.95 Å². The number of hydrogen-bond acceptors (Lipinski definition) is 4. The molecule has 0 spiro atoms. The van der Waals surface area contributed by atoms with Crippen LogP contribution in [0.2, 0.25) is 0 Å². The third-order valence-electron chi connectivity index (χ3n) is 5.65. The van der Waals surface area contributed by atoms with Gasteiger partial charge in [-0.1, -0.05) is 6.07 Å². The van der Waals surface area contributed by atoms with Gasteiger partial charge in [0.2, 0.25) is 5.91 Å². The summed E-state index contributed by atoms with van der Waals surface area (Å²) in [7, 11) is 0. The smallest absolute Gasteiger partial charge is 0.410 e. The Kier molecular flexibility index (Phi) is 4.36. The Labute approximate surface area is 169 Å². The summed E-state index contributed by atoms with van der Waals surface area (Å²) in [5, 5.41) is 3.03. The molecule has 2 aliphatic rings. The zero-order chi connectivity index (χ0) is 21.1. The number of fused-ring (bicyclic) bond motifs is 2. The van der Waals surface area contributed by atoms with Crippen molar-refractivity contribution in [2.45, 2.75) is 45.8 Å². The monoisotopic (exact) mass is 402 g/mol. The third kappa shape index (κ3) is 3.56. The molecule has 8 heteroatoms. The maximum atomic E-state index is 14.3. The lowest BCUT2D eigenvalue weighted by Gasteiger charge is -2.27. The predicted molar refractivity (Wildman–Crippen MR) is 105 cm³/mol. The third-order valence-corrected chi connectivity index (χ3v) is 5.65. The Morgan fingerprint density at radius 2 is 1.83 bits per heavy atom. The molecule has 0 bridgehead atoms. The zero-order valence-electron chi connectivity index (χ0n) is 17.4. The van der Waals surface area contributed by atoms with Crippen LogP contribution in [0.4, 0.5) is 9.18 Å². The van der Waals surface area contributed by atoms with Crippen LogP contribution in [0.3, 0.4) is 0 Å². The second-order valence-corrected chi connectivity index (χ2v) is 9.54. The largest absolute Gasteiger partial charge is 0.444 e. The van der Waals surface area contributed by atoms with Gasteiger partial charge in [-0.05, 0) is 58.6 Å². The molecule has 1 saturated carbocycles. The van der Waals surface area contributed by atoms with Gasteiger partial charge >= 0.3 is 6.09 Å². The van der Waals surface area contributed by atoms with Crippen molar-refractivity contribution in [1.29, 1.82) is 0 Å². The Hall–Kier alpha value is -2.64. The summed E-state index contributed by atoms with van der Waals surface area (Å²) in [5.74, 6) is 0.0962. The van der Waals surface area contributed by atoms with E-state index in [0.717, 1.165) is 0 Å². The second-order valence-electron chi connectivity index (χ2n) is 9.54. The fourth-order valence-electron chi connectivity index (χ4n) is 4.29. The van der Waals surface area contributed by atoms with E-state index in [1.165, 1.54) is 10.5 Å². The van der Waals surface area contributed by atoms with Gasteiger partial charge < -0.3 is 15.0 Å². The summed E-state index contributed by atoms with van der Waals surface area (Å²) in [6.07, 6.45) is 1.26. The number of aromatic nitrogens is 2. The van der Waals surface area contributed by atoms with Crippen molar-refractivity contribution in [3.8, 4) is 0 Å². The lowest BCUT2D eigenvalue weighted by atomic mass is 10.0. The Bertz CT molecular complexity index is 966. The van der Waals surface area contributed by atoms with E-state index >= 15 is 0 Å². The van der Waals surface area contributed by atoms with Crippen molar-refractivity contribution < 1.29 is 18.7 Å². The van der Waals surface area contributed by atoms with Crippen LogP contribution in [0.25, 0.3) is 5.52 Å². The van der Waals surface area contributed by atoms with Crippen LogP contribution in [0.15, 0.2) is 24.4 Å². The molecular weight excluding hydrogens is 375 g/mol. The number of carbonyl (C=O) groups is 2. The lowest BCUT2D eigenvalue weighted by molar-refractivity contribution is -0.125. The Morgan fingerprint density at radius 1 is 1.17 bits per heavy atom. The Morgan fingerprint density at radius 3 is 2.45 bits per heavy atom. The Balaban J connectivity index is 1.41. The molecule has 29 heavy (non-hydrogen) atoms. The molecule has 2 amide bonds. The fourth-order valence-corrected chi connectivity index (χ4v) is 4.29. The lowest BCUT2D eigenvalue weighted by Crippen LogP contribution is -2.45. The molecule has 2 aromatic rings. The normalized spacial score (nSPS) is 23.8. The van der Waals surface area contributed by atoms with Gasteiger partial charge in [-0.2, -0.15) is 4.39 Å². The quantitative estimate of drug-likeness (QED) is 0.801. The topological polar surface area (TPSA) is 75.9 Å². The van der Waals surface area contributed by atoms with E-state index < -0.39 is 17.1 Å². The van der Waals surface area contributed by atoms with Crippen molar-refractivity contribution in [1.82, 2.24) is 19.6 Å². The summed E-state index contributed by atoms with van der Waals surface area (Å²) < 4.78 is 21.1. The maximum Gasteiger partial charge on any atom is 0.410 e. The van der Waals surface area contributed by atoms with Gasteiger partial charge in [0.1, 0.15) is 11.4 Å². The maximum absolute atomic E-state index is 14.3. The fraction of sp³-hybridized carbons (Fsp3) is 0.571. The van der Waals surface area contributed by atoms with Crippen molar-refractivity contribution >= 4 is 17.5 Å². The number of hydrogen-bond donors (Lipinski definition) is 1. The van der Waals surface area contributed by atoms with Crippen molar-refractivity contribution in [2.75, 3.05) is 13.1 Å². The minimum atomic E-state index is -0.840. The molecule has 1 N–H and O–H groups in total. The minimum Gasteiger partial charge on any atom is -0.444 e. The number of pyridine rings is 1. The summed E-state index contributed by atoms with van der Waals surface area (Å²) in [4.78, 5) is 31.1. The highest BCUT2D eigenvalue weighted by Crippen LogP contribution is 2.52. The first kappa shape index (κ1) is 19.7. The molecule has 156 valence electrons. The summed E-state index contributed by atoms with van der Waals surface area (Å²) >= 11 is 0.